The van der Waals surface area contributed by atoms with Gasteiger partial charge >= 0.3 is 5.97 Å². The van der Waals surface area contributed by atoms with Crippen LogP contribution in [0, 0.1) is 11.6 Å². The molecular weight excluding hydrogens is 516 g/mol. The second kappa shape index (κ2) is 11.7. The van der Waals surface area contributed by atoms with Gasteiger partial charge in [-0.1, -0.05) is 25.0 Å². The first kappa shape index (κ1) is 27.7. The number of ether oxygens (including phenoxy) is 1. The monoisotopic (exact) mass is 549 g/mol. The molecule has 0 radical (unpaired) electrons. The lowest BCUT2D eigenvalue weighted by Gasteiger charge is -2.29. The van der Waals surface area contributed by atoms with Crippen LogP contribution in [0.2, 0.25) is 0 Å². The summed E-state index contributed by atoms with van der Waals surface area (Å²) in [5, 5.41) is 3.48. The van der Waals surface area contributed by atoms with Crippen molar-refractivity contribution in [2.24, 2.45) is 0 Å². The van der Waals surface area contributed by atoms with Crippen molar-refractivity contribution in [3.8, 4) is 5.69 Å². The minimum atomic E-state index is -1.01. The SMILES string of the molecule is Nc1c(C(=O)c2ccc(F)cc2F)ccc(=O)n1-c1ccc(CCNC2(C(=O)OC3CCCC3)CCCC2)cc1. The Balaban J connectivity index is 1.28. The average molecular weight is 550 g/mol. The molecule has 2 aliphatic carbocycles. The molecule has 1 heterocycles. The number of benzene rings is 2. The predicted octanol–water partition coefficient (Wildman–Crippen LogP) is 4.86. The predicted molar refractivity (Wildman–Crippen MR) is 147 cm³/mol. The van der Waals surface area contributed by atoms with E-state index in [9.17, 15) is 23.2 Å². The molecule has 40 heavy (non-hydrogen) atoms. The number of esters is 1. The molecule has 9 heteroatoms. The van der Waals surface area contributed by atoms with E-state index in [1.807, 2.05) is 12.1 Å². The van der Waals surface area contributed by atoms with E-state index in [1.165, 1.54) is 16.7 Å². The van der Waals surface area contributed by atoms with Crippen LogP contribution in [0.25, 0.3) is 5.69 Å². The van der Waals surface area contributed by atoms with E-state index in [0.717, 1.165) is 69.1 Å². The van der Waals surface area contributed by atoms with Gasteiger partial charge in [-0.15, -0.1) is 0 Å². The van der Waals surface area contributed by atoms with E-state index in [0.29, 0.717) is 24.7 Å². The lowest BCUT2D eigenvalue weighted by Crippen LogP contribution is -2.52. The van der Waals surface area contributed by atoms with E-state index in [-0.39, 0.29) is 29.0 Å². The van der Waals surface area contributed by atoms with Gasteiger partial charge < -0.3 is 15.8 Å². The number of aromatic nitrogens is 1. The number of nitrogens with two attached hydrogens (primary N) is 1. The molecule has 3 aromatic rings. The molecule has 2 fully saturated rings. The molecule has 210 valence electrons. The van der Waals surface area contributed by atoms with Gasteiger partial charge in [-0.2, -0.15) is 0 Å². The van der Waals surface area contributed by atoms with Crippen LogP contribution in [0.4, 0.5) is 14.6 Å². The maximum absolute atomic E-state index is 14.2. The zero-order valence-electron chi connectivity index (χ0n) is 22.3. The molecule has 1 aromatic heterocycles. The van der Waals surface area contributed by atoms with Crippen LogP contribution in [-0.4, -0.2) is 34.5 Å². The summed E-state index contributed by atoms with van der Waals surface area (Å²) in [7, 11) is 0. The zero-order chi connectivity index (χ0) is 28.3. The van der Waals surface area contributed by atoms with Gasteiger partial charge in [0.25, 0.3) is 5.56 Å². The Hall–Kier alpha value is -3.85. The number of halogens is 2. The summed E-state index contributed by atoms with van der Waals surface area (Å²) in [5.74, 6) is -2.83. The zero-order valence-corrected chi connectivity index (χ0v) is 22.3. The van der Waals surface area contributed by atoms with E-state index in [1.54, 1.807) is 12.1 Å². The number of hydrogen-bond acceptors (Lipinski definition) is 6. The number of carbonyl (C=O) groups excluding carboxylic acids is 2. The highest BCUT2D eigenvalue weighted by atomic mass is 19.1. The van der Waals surface area contributed by atoms with Gasteiger partial charge in [-0.25, -0.2) is 8.78 Å². The van der Waals surface area contributed by atoms with E-state index in [4.69, 9.17) is 10.5 Å². The lowest BCUT2D eigenvalue weighted by molar-refractivity contribution is -0.156. The Bertz CT molecular complexity index is 1460. The Morgan fingerprint density at radius 1 is 0.950 bits per heavy atom. The molecule has 2 aliphatic rings. The van der Waals surface area contributed by atoms with Crippen molar-refractivity contribution < 1.29 is 23.1 Å². The van der Waals surface area contributed by atoms with Gasteiger partial charge in [0, 0.05) is 18.7 Å². The molecule has 0 unspecified atom stereocenters. The highest BCUT2D eigenvalue weighted by Crippen LogP contribution is 2.33. The minimum absolute atomic E-state index is 0.0404. The summed E-state index contributed by atoms with van der Waals surface area (Å²) < 4.78 is 34.6. The third-order valence-corrected chi connectivity index (χ3v) is 8.05. The molecule has 2 aromatic carbocycles. The van der Waals surface area contributed by atoms with Crippen LogP contribution in [-0.2, 0) is 16.0 Å². The average Bonchev–Trinajstić information content (AvgIpc) is 3.62. The quantitative estimate of drug-likeness (QED) is 0.292. The number of carbonyl (C=O) groups is 2. The van der Waals surface area contributed by atoms with Gasteiger partial charge in [-0.3, -0.25) is 19.0 Å². The summed E-state index contributed by atoms with van der Waals surface area (Å²) in [6.07, 6.45) is 8.35. The second-order valence-electron chi connectivity index (χ2n) is 10.7. The Morgan fingerprint density at radius 2 is 1.62 bits per heavy atom. The summed E-state index contributed by atoms with van der Waals surface area (Å²) in [5.41, 5.74) is 6.17. The van der Waals surface area contributed by atoms with Crippen molar-refractivity contribution in [3.05, 3.63) is 93.3 Å². The third-order valence-electron chi connectivity index (χ3n) is 8.05. The number of pyridine rings is 1. The van der Waals surface area contributed by atoms with Gasteiger partial charge in [0.2, 0.25) is 0 Å². The first-order valence-corrected chi connectivity index (χ1v) is 13.8. The second-order valence-corrected chi connectivity index (χ2v) is 10.7. The Labute approximate surface area is 231 Å². The van der Waals surface area contributed by atoms with Crippen molar-refractivity contribution in [3.63, 3.8) is 0 Å². The fourth-order valence-electron chi connectivity index (χ4n) is 5.79. The minimum Gasteiger partial charge on any atom is -0.461 e. The number of nitrogen functional groups attached to an aromatic ring is 1. The van der Waals surface area contributed by atoms with E-state index < -0.39 is 28.5 Å². The van der Waals surface area contributed by atoms with Gasteiger partial charge in [-0.05, 0) is 80.8 Å². The molecular formula is C31H33F2N3O4. The molecule has 5 rings (SSSR count). The summed E-state index contributed by atoms with van der Waals surface area (Å²) in [4.78, 5) is 38.7. The number of nitrogens with zero attached hydrogens (tertiary/aromatic N) is 1. The molecule has 0 amide bonds. The van der Waals surface area contributed by atoms with Crippen molar-refractivity contribution in [1.29, 1.82) is 0 Å². The summed E-state index contributed by atoms with van der Waals surface area (Å²) in [6.45, 7) is 0.592. The molecule has 0 aliphatic heterocycles. The van der Waals surface area contributed by atoms with Crippen molar-refractivity contribution in [2.75, 3.05) is 12.3 Å². The normalized spacial score (nSPS) is 16.8. The van der Waals surface area contributed by atoms with Gasteiger partial charge in [0.05, 0.1) is 16.8 Å². The first-order chi connectivity index (χ1) is 19.3. The molecule has 2 saturated carbocycles. The highest BCUT2D eigenvalue weighted by Gasteiger charge is 2.43. The number of anilines is 1. The largest absolute Gasteiger partial charge is 0.461 e. The molecule has 0 bridgehead atoms. The summed E-state index contributed by atoms with van der Waals surface area (Å²) >= 11 is 0. The standard InChI is InChI=1S/C31H33F2N3O4/c32-21-9-12-24(26(33)19-21)28(38)25-13-14-27(37)36(29(25)34)22-10-7-20(8-11-22)15-18-35-31(16-3-4-17-31)30(39)40-23-5-1-2-6-23/h7-14,19,23,35H,1-6,15-18,34H2. The molecule has 0 saturated heterocycles. The fourth-order valence-corrected chi connectivity index (χ4v) is 5.79. The van der Waals surface area contributed by atoms with Gasteiger partial charge in [0.1, 0.15) is 29.1 Å². The van der Waals surface area contributed by atoms with E-state index in [2.05, 4.69) is 5.32 Å². The maximum Gasteiger partial charge on any atom is 0.326 e. The van der Waals surface area contributed by atoms with Crippen LogP contribution < -0.4 is 16.6 Å². The van der Waals surface area contributed by atoms with Crippen LogP contribution in [0.1, 0.15) is 72.9 Å². The molecule has 3 N–H and O–H groups in total. The lowest BCUT2D eigenvalue weighted by atomic mass is 9.97. The summed E-state index contributed by atoms with van der Waals surface area (Å²) in [6, 6.07) is 12.3. The van der Waals surface area contributed by atoms with Crippen LogP contribution in [0.15, 0.2) is 59.4 Å². The van der Waals surface area contributed by atoms with Gasteiger partial charge in [0.15, 0.2) is 5.78 Å². The Morgan fingerprint density at radius 3 is 2.30 bits per heavy atom. The first-order valence-electron chi connectivity index (χ1n) is 13.8. The number of ketones is 1. The van der Waals surface area contributed by atoms with Crippen molar-refractivity contribution >= 4 is 17.6 Å². The topological polar surface area (TPSA) is 103 Å². The van der Waals surface area contributed by atoms with Crippen LogP contribution in [0.3, 0.4) is 0 Å². The van der Waals surface area contributed by atoms with Crippen LogP contribution >= 0.6 is 0 Å². The van der Waals surface area contributed by atoms with Crippen molar-refractivity contribution in [1.82, 2.24) is 9.88 Å². The fraction of sp³-hybridized carbons (Fsp3) is 0.387. The molecule has 0 atom stereocenters. The number of hydrogen-bond donors (Lipinski definition) is 2. The number of nitrogens with one attached hydrogen (secondary N) is 1. The molecule has 0 spiro atoms. The number of rotatable bonds is 9. The highest BCUT2D eigenvalue weighted by molar-refractivity contribution is 6.11. The molecule has 7 nitrogen and oxygen atoms in total. The van der Waals surface area contributed by atoms with E-state index >= 15 is 0 Å². The maximum atomic E-state index is 14.2. The third kappa shape index (κ3) is 5.70. The van der Waals surface area contributed by atoms with Crippen LogP contribution in [0.5, 0.6) is 0 Å². The Kier molecular flexibility index (Phi) is 8.12. The smallest absolute Gasteiger partial charge is 0.326 e. The van der Waals surface area contributed by atoms with Crippen molar-refractivity contribution in [2.45, 2.75) is 69.4 Å².